The summed E-state index contributed by atoms with van der Waals surface area (Å²) < 4.78 is 29.4. The topological polar surface area (TPSA) is 60.4 Å². The summed E-state index contributed by atoms with van der Waals surface area (Å²) >= 11 is 0. The van der Waals surface area contributed by atoms with Crippen molar-refractivity contribution in [1.29, 1.82) is 0 Å². The van der Waals surface area contributed by atoms with Crippen LogP contribution in [0.5, 0.6) is 0 Å². The molecule has 5 heteroatoms. The van der Waals surface area contributed by atoms with E-state index in [9.17, 15) is 13.2 Å². The number of carbonyl (C=O) groups excluding carboxylic acids is 1. The van der Waals surface area contributed by atoms with Crippen molar-refractivity contribution in [3.63, 3.8) is 0 Å². The third-order valence-corrected chi connectivity index (χ3v) is 4.44. The number of allylic oxidation sites excluding steroid dienone is 2. The summed E-state index contributed by atoms with van der Waals surface area (Å²) in [7, 11) is -3.87. The molecule has 0 saturated heterocycles. The number of hydrogen-bond acceptors (Lipinski definition) is 4. The molecule has 0 unspecified atom stereocenters. The van der Waals surface area contributed by atoms with Gasteiger partial charge in [0.2, 0.25) is 0 Å². The summed E-state index contributed by atoms with van der Waals surface area (Å²) in [6.07, 6.45) is 2.13. The molecule has 0 N–H and O–H groups in total. The lowest BCUT2D eigenvalue weighted by Crippen LogP contribution is -2.23. The number of ketones is 1. The first-order chi connectivity index (χ1) is 9.18. The maximum atomic E-state index is 12.2. The van der Waals surface area contributed by atoms with Gasteiger partial charge in [0.1, 0.15) is 10.7 Å². The van der Waals surface area contributed by atoms with E-state index in [2.05, 4.69) is 0 Å². The molecule has 0 radical (unpaired) electrons. The molecule has 2 rings (SSSR count). The molecule has 0 atom stereocenters. The van der Waals surface area contributed by atoms with Gasteiger partial charge in [0.15, 0.2) is 5.78 Å². The van der Waals surface area contributed by atoms with Crippen molar-refractivity contribution in [2.75, 3.05) is 0 Å². The molecule has 0 aromatic heterocycles. The molecule has 0 bridgehead atoms. The Bertz CT molecular complexity index is 652. The predicted octanol–water partition coefficient (Wildman–Crippen LogP) is 2.97. The van der Waals surface area contributed by atoms with Crippen LogP contribution >= 0.6 is 0 Å². The zero-order valence-electron chi connectivity index (χ0n) is 11.8. The molecule has 20 heavy (non-hydrogen) atoms. The standard InChI is InChI=1S/C15H18O4S/c1-11-4-6-14(7-5-11)20(17,18)19-13-8-12(16)9-15(2,3)10-13/h4-8H,9-10H2,1-3H3. The monoisotopic (exact) mass is 294 g/mol. The van der Waals surface area contributed by atoms with E-state index < -0.39 is 10.1 Å². The average Bonchev–Trinajstić information content (AvgIpc) is 2.25. The smallest absolute Gasteiger partial charge is 0.338 e. The van der Waals surface area contributed by atoms with Crippen LogP contribution in [0.15, 0.2) is 41.0 Å². The second kappa shape index (κ2) is 5.05. The van der Waals surface area contributed by atoms with Crippen molar-refractivity contribution in [2.45, 2.75) is 38.5 Å². The minimum Gasteiger partial charge on any atom is -0.383 e. The lowest BCUT2D eigenvalue weighted by atomic mass is 9.80. The maximum Gasteiger partial charge on any atom is 0.338 e. The normalized spacial score (nSPS) is 18.6. The van der Waals surface area contributed by atoms with Gasteiger partial charge in [-0.3, -0.25) is 4.79 Å². The lowest BCUT2D eigenvalue weighted by Gasteiger charge is -2.27. The minimum atomic E-state index is -3.87. The second-order valence-electron chi connectivity index (χ2n) is 5.95. The molecule has 1 aromatic rings. The van der Waals surface area contributed by atoms with Crippen molar-refractivity contribution in [1.82, 2.24) is 0 Å². The van der Waals surface area contributed by atoms with E-state index in [1.165, 1.54) is 18.2 Å². The van der Waals surface area contributed by atoms with Crippen LogP contribution < -0.4 is 0 Å². The molecule has 1 aromatic carbocycles. The summed E-state index contributed by atoms with van der Waals surface area (Å²) in [4.78, 5) is 11.7. The summed E-state index contributed by atoms with van der Waals surface area (Å²) in [6, 6.07) is 6.42. The van der Waals surface area contributed by atoms with Gasteiger partial charge in [-0.25, -0.2) is 0 Å². The third kappa shape index (κ3) is 3.48. The van der Waals surface area contributed by atoms with Gasteiger partial charge in [-0.05, 0) is 24.5 Å². The molecule has 108 valence electrons. The lowest BCUT2D eigenvalue weighted by molar-refractivity contribution is -0.117. The number of aryl methyl sites for hydroxylation is 1. The first-order valence-corrected chi connectivity index (χ1v) is 7.83. The minimum absolute atomic E-state index is 0.0971. The predicted molar refractivity (Wildman–Crippen MR) is 75.6 cm³/mol. The summed E-state index contributed by atoms with van der Waals surface area (Å²) in [5.74, 6) is 0.113. The van der Waals surface area contributed by atoms with Crippen LogP contribution in [0.4, 0.5) is 0 Å². The molecular weight excluding hydrogens is 276 g/mol. The summed E-state index contributed by atoms with van der Waals surface area (Å²) in [5.41, 5.74) is 0.696. The van der Waals surface area contributed by atoms with Gasteiger partial charge in [-0.1, -0.05) is 31.5 Å². The highest BCUT2D eigenvalue weighted by Crippen LogP contribution is 2.35. The van der Waals surface area contributed by atoms with Crippen LogP contribution in [0.3, 0.4) is 0 Å². The zero-order valence-corrected chi connectivity index (χ0v) is 12.7. The molecule has 0 fully saturated rings. The summed E-state index contributed by atoms with van der Waals surface area (Å²) in [5, 5.41) is 0. The molecule has 0 heterocycles. The molecule has 1 aliphatic rings. The Kier molecular flexibility index (Phi) is 3.73. The fourth-order valence-electron chi connectivity index (χ4n) is 2.23. The van der Waals surface area contributed by atoms with E-state index in [1.807, 2.05) is 20.8 Å². The number of benzene rings is 1. The molecule has 0 saturated carbocycles. The van der Waals surface area contributed by atoms with Crippen LogP contribution in [0, 0.1) is 12.3 Å². The third-order valence-electron chi connectivity index (χ3n) is 3.15. The molecule has 0 amide bonds. The maximum absolute atomic E-state index is 12.2. The molecule has 0 aliphatic heterocycles. The second-order valence-corrected chi connectivity index (χ2v) is 7.49. The van der Waals surface area contributed by atoms with Crippen molar-refractivity contribution in [3.05, 3.63) is 41.7 Å². The van der Waals surface area contributed by atoms with Gasteiger partial charge < -0.3 is 4.18 Å². The van der Waals surface area contributed by atoms with Gasteiger partial charge in [0.25, 0.3) is 0 Å². The number of hydrogen-bond donors (Lipinski definition) is 0. The molecule has 4 nitrogen and oxygen atoms in total. The number of rotatable bonds is 3. The van der Waals surface area contributed by atoms with Gasteiger partial charge >= 0.3 is 10.1 Å². The van der Waals surface area contributed by atoms with Crippen molar-refractivity contribution in [3.8, 4) is 0 Å². The Labute approximate surface area is 119 Å². The largest absolute Gasteiger partial charge is 0.383 e. The Morgan fingerprint density at radius 1 is 1.10 bits per heavy atom. The first kappa shape index (κ1) is 14.8. The van der Waals surface area contributed by atoms with E-state index >= 15 is 0 Å². The van der Waals surface area contributed by atoms with Crippen LogP contribution in [-0.2, 0) is 19.1 Å². The molecule has 0 spiro atoms. The summed E-state index contributed by atoms with van der Waals surface area (Å²) in [6.45, 7) is 5.71. The molecule has 1 aliphatic carbocycles. The van der Waals surface area contributed by atoms with Gasteiger partial charge in [-0.2, -0.15) is 8.42 Å². The van der Waals surface area contributed by atoms with Crippen molar-refractivity contribution >= 4 is 15.9 Å². The van der Waals surface area contributed by atoms with Gasteiger partial charge in [-0.15, -0.1) is 0 Å². The Morgan fingerprint density at radius 3 is 2.25 bits per heavy atom. The fraction of sp³-hybridized carbons (Fsp3) is 0.400. The van der Waals surface area contributed by atoms with E-state index in [4.69, 9.17) is 4.18 Å². The highest BCUT2D eigenvalue weighted by Gasteiger charge is 2.31. The first-order valence-electron chi connectivity index (χ1n) is 6.43. The average molecular weight is 294 g/mol. The van der Waals surface area contributed by atoms with E-state index in [0.29, 0.717) is 12.8 Å². The van der Waals surface area contributed by atoms with E-state index in [-0.39, 0.29) is 21.9 Å². The Balaban J connectivity index is 2.25. The Hall–Kier alpha value is -1.62. The quantitative estimate of drug-likeness (QED) is 0.804. The SMILES string of the molecule is Cc1ccc(S(=O)(=O)OC2=CC(=O)CC(C)(C)C2)cc1. The van der Waals surface area contributed by atoms with Crippen molar-refractivity contribution in [2.24, 2.45) is 5.41 Å². The van der Waals surface area contributed by atoms with E-state index in [0.717, 1.165) is 5.56 Å². The Morgan fingerprint density at radius 2 is 1.70 bits per heavy atom. The van der Waals surface area contributed by atoms with Gasteiger partial charge in [0.05, 0.1) is 0 Å². The molecular formula is C15H18O4S. The van der Waals surface area contributed by atoms with Crippen LogP contribution in [0.2, 0.25) is 0 Å². The zero-order chi connectivity index (χ0) is 15.0. The van der Waals surface area contributed by atoms with Crippen LogP contribution in [-0.4, -0.2) is 14.2 Å². The van der Waals surface area contributed by atoms with E-state index in [1.54, 1.807) is 12.1 Å². The van der Waals surface area contributed by atoms with Crippen LogP contribution in [0.25, 0.3) is 0 Å². The van der Waals surface area contributed by atoms with Gasteiger partial charge in [0, 0.05) is 18.9 Å². The van der Waals surface area contributed by atoms with Crippen LogP contribution in [0.1, 0.15) is 32.3 Å². The number of carbonyl (C=O) groups is 1. The highest BCUT2D eigenvalue weighted by molar-refractivity contribution is 7.86. The highest BCUT2D eigenvalue weighted by atomic mass is 32.2. The van der Waals surface area contributed by atoms with Crippen molar-refractivity contribution < 1.29 is 17.4 Å². The fourth-order valence-corrected chi connectivity index (χ4v) is 3.19.